The van der Waals surface area contributed by atoms with E-state index in [1.807, 2.05) is 48.5 Å². The molecule has 0 radical (unpaired) electrons. The lowest BCUT2D eigenvalue weighted by Crippen LogP contribution is -2.29. The third-order valence-corrected chi connectivity index (χ3v) is 5.78. The molecule has 4 heteroatoms. The Hall–Kier alpha value is -2.62. The van der Waals surface area contributed by atoms with Crippen molar-refractivity contribution in [3.63, 3.8) is 0 Å². The van der Waals surface area contributed by atoms with Gasteiger partial charge in [0.15, 0.2) is 0 Å². The Bertz CT molecular complexity index is 815. The van der Waals surface area contributed by atoms with E-state index in [0.717, 1.165) is 25.7 Å². The van der Waals surface area contributed by atoms with E-state index in [9.17, 15) is 9.59 Å². The number of benzene rings is 2. The van der Waals surface area contributed by atoms with Crippen molar-refractivity contribution in [1.29, 1.82) is 0 Å². The lowest BCUT2D eigenvalue weighted by Gasteiger charge is -2.28. The quantitative estimate of drug-likeness (QED) is 0.509. The maximum Gasteiger partial charge on any atom is 0.338 e. The van der Waals surface area contributed by atoms with Gasteiger partial charge in [-0.15, -0.1) is 0 Å². The van der Waals surface area contributed by atoms with Crippen molar-refractivity contribution in [2.24, 2.45) is 0 Å². The van der Waals surface area contributed by atoms with Crippen LogP contribution in [-0.4, -0.2) is 24.1 Å². The maximum atomic E-state index is 12.4. The first-order valence-electron chi connectivity index (χ1n) is 11.2. The Morgan fingerprint density at radius 3 is 1.57 bits per heavy atom. The van der Waals surface area contributed by atoms with E-state index in [1.54, 1.807) is 0 Å². The molecule has 3 rings (SSSR count). The largest absolute Gasteiger partial charge is 0.459 e. The molecule has 0 N–H and O–H groups in total. The van der Waals surface area contributed by atoms with Crippen LogP contribution in [0.5, 0.6) is 0 Å². The average Bonchev–Trinajstić information content (AvgIpc) is 2.79. The summed E-state index contributed by atoms with van der Waals surface area (Å²) in [5.74, 6) is -0.547. The summed E-state index contributed by atoms with van der Waals surface area (Å²) in [5, 5.41) is 0. The highest BCUT2D eigenvalue weighted by atomic mass is 16.6. The fraction of sp³-hybridized carbons (Fsp3) is 0.462. The van der Waals surface area contributed by atoms with Crippen LogP contribution in [0.1, 0.15) is 84.2 Å². The molecule has 1 aliphatic carbocycles. The van der Waals surface area contributed by atoms with Gasteiger partial charge in [0.1, 0.15) is 12.2 Å². The minimum atomic E-state index is -0.277. The van der Waals surface area contributed by atoms with Gasteiger partial charge < -0.3 is 9.47 Å². The van der Waals surface area contributed by atoms with E-state index in [0.29, 0.717) is 36.8 Å². The van der Waals surface area contributed by atoms with E-state index in [2.05, 4.69) is 13.8 Å². The molecule has 0 heterocycles. The Morgan fingerprint density at radius 1 is 0.733 bits per heavy atom. The number of carbonyl (C=O) groups excluding carboxylic acids is 2. The number of carbonyl (C=O) groups is 2. The highest BCUT2D eigenvalue weighted by molar-refractivity contribution is 5.90. The van der Waals surface area contributed by atoms with Crippen LogP contribution in [0.25, 0.3) is 0 Å². The predicted octanol–water partition coefficient (Wildman–Crippen LogP) is 5.92. The van der Waals surface area contributed by atoms with Crippen molar-refractivity contribution < 1.29 is 19.1 Å². The zero-order chi connectivity index (χ0) is 21.3. The van der Waals surface area contributed by atoms with Crippen LogP contribution in [0, 0.1) is 0 Å². The second kappa shape index (κ2) is 11.0. The third-order valence-electron chi connectivity index (χ3n) is 5.78. The molecule has 0 aliphatic heterocycles. The summed E-state index contributed by atoms with van der Waals surface area (Å²) in [5.41, 5.74) is 3.63. The van der Waals surface area contributed by atoms with Gasteiger partial charge in [-0.25, -0.2) is 9.59 Å². The van der Waals surface area contributed by atoms with Crippen molar-refractivity contribution in [3.05, 3.63) is 70.8 Å². The minimum Gasteiger partial charge on any atom is -0.459 e. The zero-order valence-corrected chi connectivity index (χ0v) is 18.1. The molecule has 160 valence electrons. The van der Waals surface area contributed by atoms with Crippen molar-refractivity contribution in [1.82, 2.24) is 0 Å². The molecule has 2 aromatic carbocycles. The Labute approximate surface area is 179 Å². The zero-order valence-electron chi connectivity index (χ0n) is 18.1. The molecule has 4 nitrogen and oxygen atoms in total. The van der Waals surface area contributed by atoms with Gasteiger partial charge in [-0.2, -0.15) is 0 Å². The van der Waals surface area contributed by atoms with Crippen LogP contribution < -0.4 is 0 Å². The summed E-state index contributed by atoms with van der Waals surface area (Å²) >= 11 is 0. The lowest BCUT2D eigenvalue weighted by molar-refractivity contribution is -0.0108. The van der Waals surface area contributed by atoms with Crippen LogP contribution in [-0.2, 0) is 22.3 Å². The highest BCUT2D eigenvalue weighted by Gasteiger charge is 2.27. The first-order valence-corrected chi connectivity index (χ1v) is 11.2. The molecule has 1 saturated carbocycles. The Morgan fingerprint density at radius 2 is 1.17 bits per heavy atom. The monoisotopic (exact) mass is 408 g/mol. The van der Waals surface area contributed by atoms with Crippen molar-refractivity contribution >= 4 is 11.9 Å². The third kappa shape index (κ3) is 6.19. The molecule has 1 aliphatic rings. The molecule has 2 aromatic rings. The van der Waals surface area contributed by atoms with Gasteiger partial charge in [0.2, 0.25) is 0 Å². The summed E-state index contributed by atoms with van der Waals surface area (Å²) in [6.45, 7) is 4.26. The van der Waals surface area contributed by atoms with Crippen LogP contribution in [0.3, 0.4) is 0 Å². The number of aryl methyl sites for hydroxylation is 2. The number of ether oxygens (including phenoxy) is 2. The molecule has 0 unspecified atom stereocenters. The van der Waals surface area contributed by atoms with Gasteiger partial charge in [0.25, 0.3) is 0 Å². The molecule has 30 heavy (non-hydrogen) atoms. The molecule has 1 fully saturated rings. The van der Waals surface area contributed by atoms with Crippen molar-refractivity contribution in [3.8, 4) is 0 Å². The van der Waals surface area contributed by atoms with E-state index in [1.165, 1.54) is 11.1 Å². The molecule has 0 amide bonds. The summed E-state index contributed by atoms with van der Waals surface area (Å²) in [6.07, 6.45) is 6.93. The number of hydrogen-bond donors (Lipinski definition) is 0. The fourth-order valence-electron chi connectivity index (χ4n) is 3.77. The average molecular weight is 409 g/mol. The number of rotatable bonds is 8. The van der Waals surface area contributed by atoms with Crippen LogP contribution >= 0.6 is 0 Å². The van der Waals surface area contributed by atoms with E-state index in [-0.39, 0.29) is 24.1 Å². The lowest BCUT2D eigenvalue weighted by atomic mass is 9.94. The second-order valence-electron chi connectivity index (χ2n) is 8.06. The molecule has 0 spiro atoms. The van der Waals surface area contributed by atoms with Gasteiger partial charge >= 0.3 is 11.9 Å². The molecular weight excluding hydrogens is 376 g/mol. The standard InChI is InChI=1S/C26H32O4/c1-3-5-6-20-9-13-22(14-10-20)26(28)30-24-17-15-23(16-18-24)29-25(27)21-11-7-19(4-2)8-12-21/h7-14,23-24H,3-6,15-18H2,1-2H3. The predicted molar refractivity (Wildman–Crippen MR) is 118 cm³/mol. The Balaban J connectivity index is 1.43. The Kier molecular flexibility index (Phi) is 8.06. The highest BCUT2D eigenvalue weighted by Crippen LogP contribution is 2.25. The molecule has 0 saturated heterocycles. The minimum absolute atomic E-state index is 0.115. The van der Waals surface area contributed by atoms with Gasteiger partial charge in [0, 0.05) is 0 Å². The number of esters is 2. The summed E-state index contributed by atoms with van der Waals surface area (Å²) in [4.78, 5) is 24.8. The molecule has 0 aromatic heterocycles. The first-order chi connectivity index (χ1) is 14.6. The summed E-state index contributed by atoms with van der Waals surface area (Å²) < 4.78 is 11.3. The first kappa shape index (κ1) is 22.1. The van der Waals surface area contributed by atoms with E-state index in [4.69, 9.17) is 9.47 Å². The molecule has 0 atom stereocenters. The fourth-order valence-corrected chi connectivity index (χ4v) is 3.77. The number of unbranched alkanes of at least 4 members (excludes halogenated alkanes) is 1. The van der Waals surface area contributed by atoms with Gasteiger partial charge in [-0.3, -0.25) is 0 Å². The SMILES string of the molecule is CCCCc1ccc(C(=O)OC2CCC(OC(=O)c3ccc(CC)cc3)CC2)cc1. The van der Waals surface area contributed by atoms with Crippen LogP contribution in [0.4, 0.5) is 0 Å². The van der Waals surface area contributed by atoms with Gasteiger partial charge in [0.05, 0.1) is 11.1 Å². The van der Waals surface area contributed by atoms with Crippen LogP contribution in [0.2, 0.25) is 0 Å². The molecular formula is C26H32O4. The van der Waals surface area contributed by atoms with Gasteiger partial charge in [-0.05, 0) is 80.3 Å². The normalized spacial score (nSPS) is 18.6. The van der Waals surface area contributed by atoms with E-state index < -0.39 is 0 Å². The number of hydrogen-bond acceptors (Lipinski definition) is 4. The molecule has 0 bridgehead atoms. The van der Waals surface area contributed by atoms with E-state index >= 15 is 0 Å². The van der Waals surface area contributed by atoms with Crippen molar-refractivity contribution in [2.45, 2.75) is 77.4 Å². The topological polar surface area (TPSA) is 52.6 Å². The van der Waals surface area contributed by atoms with Crippen molar-refractivity contribution in [2.75, 3.05) is 0 Å². The summed E-state index contributed by atoms with van der Waals surface area (Å²) in [7, 11) is 0. The second-order valence-corrected chi connectivity index (χ2v) is 8.06. The smallest absolute Gasteiger partial charge is 0.338 e. The van der Waals surface area contributed by atoms with Gasteiger partial charge in [-0.1, -0.05) is 44.5 Å². The maximum absolute atomic E-state index is 12.4. The summed E-state index contributed by atoms with van der Waals surface area (Å²) in [6, 6.07) is 15.3. The van der Waals surface area contributed by atoms with Crippen LogP contribution in [0.15, 0.2) is 48.5 Å².